The van der Waals surface area contributed by atoms with Crippen molar-refractivity contribution in [3.05, 3.63) is 34.9 Å². The van der Waals surface area contributed by atoms with E-state index in [4.69, 9.17) is 16.6 Å². The Morgan fingerprint density at radius 2 is 2.15 bits per heavy atom. The highest BCUT2D eigenvalue weighted by Crippen LogP contribution is 2.16. The van der Waals surface area contributed by atoms with Gasteiger partial charge < -0.3 is 16.6 Å². The van der Waals surface area contributed by atoms with E-state index in [1.165, 1.54) is 0 Å². The first-order valence-corrected chi connectivity index (χ1v) is 4.35. The molecule has 0 aliphatic heterocycles. The van der Waals surface area contributed by atoms with Crippen LogP contribution in [0, 0.1) is 6.92 Å². The van der Waals surface area contributed by atoms with Gasteiger partial charge in [-0.1, -0.05) is 18.2 Å². The van der Waals surface area contributed by atoms with Crippen molar-refractivity contribution in [1.82, 2.24) is 0 Å². The van der Waals surface area contributed by atoms with Crippen molar-refractivity contribution >= 4 is 0 Å². The van der Waals surface area contributed by atoms with Gasteiger partial charge in [0.1, 0.15) is 0 Å². The highest BCUT2D eigenvalue weighted by Gasteiger charge is 2.07. The minimum absolute atomic E-state index is 0.0462. The Morgan fingerprint density at radius 3 is 2.69 bits per heavy atom. The fourth-order valence-corrected chi connectivity index (χ4v) is 1.31. The lowest BCUT2D eigenvalue weighted by atomic mass is 9.99. The summed E-state index contributed by atoms with van der Waals surface area (Å²) in [5, 5.41) is 8.94. The molecule has 0 radical (unpaired) electrons. The van der Waals surface area contributed by atoms with Crippen LogP contribution in [0.4, 0.5) is 0 Å². The normalized spacial score (nSPS) is 12.9. The van der Waals surface area contributed by atoms with Crippen LogP contribution in [-0.4, -0.2) is 11.7 Å². The van der Waals surface area contributed by atoms with Crippen molar-refractivity contribution in [2.75, 3.05) is 6.54 Å². The van der Waals surface area contributed by atoms with Gasteiger partial charge in [-0.15, -0.1) is 0 Å². The lowest BCUT2D eigenvalue weighted by molar-refractivity contribution is 0.281. The molecule has 1 rings (SSSR count). The average Bonchev–Trinajstić information content (AvgIpc) is 2.17. The Morgan fingerprint density at radius 1 is 1.46 bits per heavy atom. The van der Waals surface area contributed by atoms with E-state index in [2.05, 4.69) is 0 Å². The number of aryl methyl sites for hydroxylation is 1. The van der Waals surface area contributed by atoms with Crippen LogP contribution in [0.25, 0.3) is 0 Å². The van der Waals surface area contributed by atoms with Gasteiger partial charge in [0.15, 0.2) is 0 Å². The Balaban J connectivity index is 3.03. The zero-order valence-corrected chi connectivity index (χ0v) is 7.83. The highest BCUT2D eigenvalue weighted by molar-refractivity contribution is 5.33. The van der Waals surface area contributed by atoms with Crippen LogP contribution in [0.15, 0.2) is 18.2 Å². The first-order valence-electron chi connectivity index (χ1n) is 4.35. The first kappa shape index (κ1) is 10.2. The van der Waals surface area contributed by atoms with Gasteiger partial charge in [0, 0.05) is 12.6 Å². The summed E-state index contributed by atoms with van der Waals surface area (Å²) in [5.74, 6) is 0. The summed E-state index contributed by atoms with van der Waals surface area (Å²) < 4.78 is 0. The van der Waals surface area contributed by atoms with Crippen molar-refractivity contribution in [2.45, 2.75) is 19.6 Å². The minimum Gasteiger partial charge on any atom is -0.392 e. The molecule has 1 unspecified atom stereocenters. The van der Waals surface area contributed by atoms with Crippen molar-refractivity contribution < 1.29 is 5.11 Å². The predicted octanol–water partition coefficient (Wildman–Crippen LogP) is 0.446. The Bertz CT molecular complexity index is 286. The Hall–Kier alpha value is -0.900. The third-order valence-corrected chi connectivity index (χ3v) is 2.18. The maximum absolute atomic E-state index is 8.94. The summed E-state index contributed by atoms with van der Waals surface area (Å²) in [6.07, 6.45) is 0. The first-order chi connectivity index (χ1) is 6.19. The fourth-order valence-electron chi connectivity index (χ4n) is 1.31. The third-order valence-electron chi connectivity index (χ3n) is 2.18. The van der Waals surface area contributed by atoms with Crippen LogP contribution >= 0.6 is 0 Å². The molecule has 3 nitrogen and oxygen atoms in total. The number of aliphatic hydroxyl groups is 1. The van der Waals surface area contributed by atoms with Gasteiger partial charge in [-0.25, -0.2) is 0 Å². The van der Waals surface area contributed by atoms with Gasteiger partial charge in [0.05, 0.1) is 6.61 Å². The molecule has 3 heteroatoms. The zero-order valence-electron chi connectivity index (χ0n) is 7.83. The Kier molecular flexibility index (Phi) is 3.42. The molecule has 1 aromatic carbocycles. The van der Waals surface area contributed by atoms with Gasteiger partial charge in [-0.2, -0.15) is 0 Å². The second kappa shape index (κ2) is 4.37. The fraction of sp³-hybridized carbons (Fsp3) is 0.400. The molecule has 72 valence electrons. The monoisotopic (exact) mass is 180 g/mol. The van der Waals surface area contributed by atoms with E-state index >= 15 is 0 Å². The number of hydrogen-bond acceptors (Lipinski definition) is 3. The molecule has 1 atom stereocenters. The third kappa shape index (κ3) is 2.28. The molecule has 0 aliphatic rings. The van der Waals surface area contributed by atoms with E-state index in [0.717, 1.165) is 16.7 Å². The topological polar surface area (TPSA) is 72.3 Å². The lowest BCUT2D eigenvalue weighted by Gasteiger charge is -2.13. The van der Waals surface area contributed by atoms with Gasteiger partial charge in [0.2, 0.25) is 0 Å². The minimum atomic E-state index is -0.133. The van der Waals surface area contributed by atoms with E-state index in [1.807, 2.05) is 25.1 Å². The SMILES string of the molecule is Cc1ccc(CO)cc1C(N)CN. The van der Waals surface area contributed by atoms with Crippen LogP contribution in [0.2, 0.25) is 0 Å². The molecule has 0 amide bonds. The molecule has 0 saturated carbocycles. The molecule has 0 aliphatic carbocycles. The lowest BCUT2D eigenvalue weighted by Crippen LogP contribution is -2.21. The number of nitrogens with two attached hydrogens (primary N) is 2. The van der Waals surface area contributed by atoms with Crippen molar-refractivity contribution in [3.63, 3.8) is 0 Å². The van der Waals surface area contributed by atoms with Gasteiger partial charge in [-0.05, 0) is 23.6 Å². The molecule has 0 spiro atoms. The maximum Gasteiger partial charge on any atom is 0.0681 e. The molecule has 0 bridgehead atoms. The summed E-state index contributed by atoms with van der Waals surface area (Å²) in [4.78, 5) is 0. The van der Waals surface area contributed by atoms with E-state index in [0.29, 0.717) is 6.54 Å². The van der Waals surface area contributed by atoms with Crippen molar-refractivity contribution in [3.8, 4) is 0 Å². The number of rotatable bonds is 3. The molecule has 1 aromatic rings. The summed E-state index contributed by atoms with van der Waals surface area (Å²) in [5.41, 5.74) is 14.3. The molecule has 0 heterocycles. The van der Waals surface area contributed by atoms with Gasteiger partial charge in [-0.3, -0.25) is 0 Å². The summed E-state index contributed by atoms with van der Waals surface area (Å²) >= 11 is 0. The predicted molar refractivity (Wildman–Crippen MR) is 53.1 cm³/mol. The average molecular weight is 180 g/mol. The molecule has 5 N–H and O–H groups in total. The summed E-state index contributed by atoms with van der Waals surface area (Å²) in [6, 6.07) is 5.62. The van der Waals surface area contributed by atoms with E-state index in [-0.39, 0.29) is 12.6 Å². The quantitative estimate of drug-likeness (QED) is 0.632. The molecular formula is C10H16N2O. The second-order valence-electron chi connectivity index (χ2n) is 3.19. The van der Waals surface area contributed by atoms with Crippen LogP contribution in [0.1, 0.15) is 22.7 Å². The second-order valence-corrected chi connectivity index (χ2v) is 3.19. The van der Waals surface area contributed by atoms with Crippen LogP contribution in [0.3, 0.4) is 0 Å². The van der Waals surface area contributed by atoms with Gasteiger partial charge >= 0.3 is 0 Å². The Labute approximate surface area is 78.4 Å². The van der Waals surface area contributed by atoms with Gasteiger partial charge in [0.25, 0.3) is 0 Å². The molecular weight excluding hydrogens is 164 g/mol. The molecule has 0 saturated heterocycles. The largest absolute Gasteiger partial charge is 0.392 e. The number of aliphatic hydroxyl groups excluding tert-OH is 1. The summed E-state index contributed by atoms with van der Waals surface area (Å²) in [6.45, 7) is 2.46. The molecule has 13 heavy (non-hydrogen) atoms. The smallest absolute Gasteiger partial charge is 0.0681 e. The van der Waals surface area contributed by atoms with Crippen molar-refractivity contribution in [2.24, 2.45) is 11.5 Å². The standard InChI is InChI=1S/C10H16N2O/c1-7-2-3-8(6-13)4-9(7)10(12)5-11/h2-4,10,13H,5-6,11-12H2,1H3. The molecule has 0 aromatic heterocycles. The summed E-state index contributed by atoms with van der Waals surface area (Å²) in [7, 11) is 0. The van der Waals surface area contributed by atoms with Crippen LogP contribution in [-0.2, 0) is 6.61 Å². The van der Waals surface area contributed by atoms with E-state index in [1.54, 1.807) is 0 Å². The number of benzene rings is 1. The maximum atomic E-state index is 8.94. The van der Waals surface area contributed by atoms with E-state index < -0.39 is 0 Å². The van der Waals surface area contributed by atoms with E-state index in [9.17, 15) is 0 Å². The number of hydrogen-bond donors (Lipinski definition) is 3. The highest BCUT2D eigenvalue weighted by atomic mass is 16.3. The van der Waals surface area contributed by atoms with Crippen molar-refractivity contribution in [1.29, 1.82) is 0 Å². The molecule has 0 fully saturated rings. The zero-order chi connectivity index (χ0) is 9.84. The van der Waals surface area contributed by atoms with Crippen LogP contribution in [0.5, 0.6) is 0 Å². The van der Waals surface area contributed by atoms with Crippen LogP contribution < -0.4 is 11.5 Å².